The molecule has 0 saturated carbocycles. The number of benzene rings is 3. The van der Waals surface area contributed by atoms with Crippen molar-refractivity contribution in [3.63, 3.8) is 0 Å². The summed E-state index contributed by atoms with van der Waals surface area (Å²) < 4.78 is 25.6. The molecule has 5 rings (SSSR count). The van der Waals surface area contributed by atoms with Crippen LogP contribution >= 0.6 is 0 Å². The molecule has 38 heavy (non-hydrogen) atoms. The van der Waals surface area contributed by atoms with Gasteiger partial charge >= 0.3 is 0 Å². The molecule has 1 fully saturated rings. The maximum Gasteiger partial charge on any atom is 0.257 e. The van der Waals surface area contributed by atoms with E-state index in [-0.39, 0.29) is 11.8 Å². The van der Waals surface area contributed by atoms with E-state index in [1.807, 2.05) is 18.2 Å². The molecule has 2 aliphatic heterocycles. The maximum absolute atomic E-state index is 13.1. The number of nitrogens with one attached hydrogen (secondary N) is 3. The standard InChI is InChI=1S/C28H31N5O4S/c1-32(38(2,36)37)26-8-4-3-7-21(26)19-9-11-22-24(17-19)30-23-12-10-20(18-25(23)31-28(22)35)27(34)29-13-16-33-14-5-6-15-33/h3-4,7-12,17-18,30H,5-6,13-16H2,1-2H3,(H,29,34)(H,31,35). The highest BCUT2D eigenvalue weighted by Gasteiger charge is 2.22. The molecule has 3 N–H and O–H groups in total. The first-order valence-electron chi connectivity index (χ1n) is 12.6. The largest absolute Gasteiger partial charge is 0.353 e. The zero-order valence-electron chi connectivity index (χ0n) is 21.5. The second kappa shape index (κ2) is 10.5. The van der Waals surface area contributed by atoms with Crippen LogP contribution in [0.1, 0.15) is 33.6 Å². The molecule has 198 valence electrons. The topological polar surface area (TPSA) is 111 Å². The van der Waals surface area contributed by atoms with E-state index in [4.69, 9.17) is 0 Å². The fourth-order valence-corrected chi connectivity index (χ4v) is 5.37. The number of carbonyl (C=O) groups excluding carboxylic acids is 2. The lowest BCUT2D eigenvalue weighted by Crippen LogP contribution is -2.33. The fourth-order valence-electron chi connectivity index (χ4n) is 4.85. The molecule has 0 spiro atoms. The van der Waals surface area contributed by atoms with Gasteiger partial charge in [0.1, 0.15) is 0 Å². The Balaban J connectivity index is 1.39. The van der Waals surface area contributed by atoms with Gasteiger partial charge in [-0.25, -0.2) is 8.42 Å². The monoisotopic (exact) mass is 533 g/mol. The van der Waals surface area contributed by atoms with Crippen LogP contribution < -0.4 is 20.3 Å². The average molecular weight is 534 g/mol. The number of amides is 2. The number of carbonyl (C=O) groups is 2. The summed E-state index contributed by atoms with van der Waals surface area (Å²) in [6.07, 6.45) is 3.57. The smallest absolute Gasteiger partial charge is 0.257 e. The molecule has 0 unspecified atom stereocenters. The van der Waals surface area contributed by atoms with Gasteiger partial charge in [0.2, 0.25) is 10.0 Å². The number of hydrogen-bond acceptors (Lipinski definition) is 6. The first-order valence-corrected chi connectivity index (χ1v) is 14.5. The fraction of sp³-hybridized carbons (Fsp3) is 0.286. The van der Waals surface area contributed by atoms with Gasteiger partial charge in [-0.15, -0.1) is 0 Å². The van der Waals surface area contributed by atoms with Crippen LogP contribution in [-0.4, -0.2) is 64.6 Å². The number of hydrogen-bond donors (Lipinski definition) is 3. The van der Waals surface area contributed by atoms with Crippen LogP contribution in [0.15, 0.2) is 60.7 Å². The Morgan fingerprint density at radius 1 is 0.947 bits per heavy atom. The van der Waals surface area contributed by atoms with Gasteiger partial charge in [0.05, 0.1) is 34.6 Å². The Kier molecular flexibility index (Phi) is 7.09. The molecule has 2 heterocycles. The normalized spacial score (nSPS) is 15.1. The molecule has 3 aromatic carbocycles. The third-order valence-corrected chi connectivity index (χ3v) is 8.22. The summed E-state index contributed by atoms with van der Waals surface area (Å²) in [5.74, 6) is -0.483. The molecular weight excluding hydrogens is 502 g/mol. The van der Waals surface area contributed by atoms with Gasteiger partial charge in [0.25, 0.3) is 11.8 Å². The number of sulfonamides is 1. The molecule has 2 aliphatic rings. The van der Waals surface area contributed by atoms with Gasteiger partial charge < -0.3 is 20.9 Å². The Morgan fingerprint density at radius 2 is 1.71 bits per heavy atom. The van der Waals surface area contributed by atoms with E-state index in [0.717, 1.165) is 37.0 Å². The van der Waals surface area contributed by atoms with E-state index in [1.54, 1.807) is 42.5 Å². The Morgan fingerprint density at radius 3 is 2.47 bits per heavy atom. The lowest BCUT2D eigenvalue weighted by atomic mass is 10.0. The molecule has 1 saturated heterocycles. The van der Waals surface area contributed by atoms with Crippen molar-refractivity contribution in [3.8, 4) is 11.1 Å². The first kappa shape index (κ1) is 25.7. The summed E-state index contributed by atoms with van der Waals surface area (Å²) in [6.45, 7) is 3.56. The van der Waals surface area contributed by atoms with Crippen molar-refractivity contribution < 1.29 is 18.0 Å². The highest BCUT2D eigenvalue weighted by molar-refractivity contribution is 7.92. The number of rotatable bonds is 7. The predicted octanol–water partition coefficient (Wildman–Crippen LogP) is 3.88. The van der Waals surface area contributed by atoms with Crippen molar-refractivity contribution in [2.45, 2.75) is 12.8 Å². The molecule has 0 aromatic heterocycles. The minimum absolute atomic E-state index is 0.183. The Bertz CT molecular complexity index is 1500. The third kappa shape index (κ3) is 5.36. The molecular formula is C28H31N5O4S. The summed E-state index contributed by atoms with van der Waals surface area (Å²) in [5, 5.41) is 9.19. The third-order valence-electron chi connectivity index (χ3n) is 7.03. The molecule has 10 heteroatoms. The molecule has 2 amide bonds. The first-order chi connectivity index (χ1) is 18.2. The minimum Gasteiger partial charge on any atom is -0.353 e. The van der Waals surface area contributed by atoms with Crippen molar-refractivity contribution in [3.05, 3.63) is 71.8 Å². The van der Waals surface area contributed by atoms with Gasteiger partial charge in [0.15, 0.2) is 0 Å². The average Bonchev–Trinajstić information content (AvgIpc) is 3.37. The van der Waals surface area contributed by atoms with E-state index in [0.29, 0.717) is 40.4 Å². The van der Waals surface area contributed by atoms with Crippen LogP contribution in [0.4, 0.5) is 22.7 Å². The molecule has 9 nitrogen and oxygen atoms in total. The van der Waals surface area contributed by atoms with Crippen LogP contribution in [0.3, 0.4) is 0 Å². The predicted molar refractivity (Wildman–Crippen MR) is 151 cm³/mol. The van der Waals surface area contributed by atoms with Crippen LogP contribution in [0.25, 0.3) is 11.1 Å². The van der Waals surface area contributed by atoms with Gasteiger partial charge in [-0.05, 0) is 67.9 Å². The lowest BCUT2D eigenvalue weighted by Gasteiger charge is -2.21. The van der Waals surface area contributed by atoms with E-state index in [9.17, 15) is 18.0 Å². The molecule has 0 atom stereocenters. The van der Waals surface area contributed by atoms with Crippen molar-refractivity contribution in [1.82, 2.24) is 10.2 Å². The highest BCUT2D eigenvalue weighted by atomic mass is 32.2. The number of nitrogens with zero attached hydrogens (tertiary/aromatic N) is 2. The quantitative estimate of drug-likeness (QED) is 0.425. The van der Waals surface area contributed by atoms with Gasteiger partial charge in [-0.2, -0.15) is 0 Å². The number of likely N-dealkylation sites (tertiary alicyclic amines) is 1. The van der Waals surface area contributed by atoms with E-state index >= 15 is 0 Å². The maximum atomic E-state index is 13.1. The molecule has 3 aromatic rings. The summed E-state index contributed by atoms with van der Waals surface area (Å²) in [7, 11) is -1.95. The lowest BCUT2D eigenvalue weighted by molar-refractivity contribution is 0.0948. The minimum atomic E-state index is -3.46. The zero-order valence-corrected chi connectivity index (χ0v) is 22.3. The SMILES string of the molecule is CN(c1ccccc1-c1ccc2c(c1)Nc1ccc(C(=O)NCCN3CCCC3)cc1NC2=O)S(C)(=O)=O. The van der Waals surface area contributed by atoms with Gasteiger partial charge in [-0.1, -0.05) is 24.3 Å². The molecule has 0 radical (unpaired) electrons. The number of para-hydroxylation sites is 1. The van der Waals surface area contributed by atoms with Crippen LogP contribution in [0.5, 0.6) is 0 Å². The van der Waals surface area contributed by atoms with Crippen molar-refractivity contribution in [2.24, 2.45) is 0 Å². The van der Waals surface area contributed by atoms with Crippen molar-refractivity contribution in [2.75, 3.05) is 54.4 Å². The van der Waals surface area contributed by atoms with Crippen LogP contribution in [0, 0.1) is 0 Å². The van der Waals surface area contributed by atoms with Gasteiger partial charge in [-0.3, -0.25) is 13.9 Å². The highest BCUT2D eigenvalue weighted by Crippen LogP contribution is 2.37. The second-order valence-electron chi connectivity index (χ2n) is 9.65. The Labute approximate surface area is 222 Å². The van der Waals surface area contributed by atoms with Crippen LogP contribution in [-0.2, 0) is 10.0 Å². The number of fused-ring (bicyclic) bond motifs is 2. The summed E-state index contributed by atoms with van der Waals surface area (Å²) in [5.41, 5.74) is 4.67. The van der Waals surface area contributed by atoms with Crippen molar-refractivity contribution in [1.29, 1.82) is 0 Å². The van der Waals surface area contributed by atoms with E-state index in [2.05, 4.69) is 20.9 Å². The zero-order chi connectivity index (χ0) is 26.9. The van der Waals surface area contributed by atoms with Crippen molar-refractivity contribution >= 4 is 44.6 Å². The molecule has 0 bridgehead atoms. The van der Waals surface area contributed by atoms with Crippen LogP contribution in [0.2, 0.25) is 0 Å². The number of anilines is 4. The van der Waals surface area contributed by atoms with Gasteiger partial charge in [0, 0.05) is 31.3 Å². The summed E-state index contributed by atoms with van der Waals surface area (Å²) >= 11 is 0. The van der Waals surface area contributed by atoms with E-state index in [1.165, 1.54) is 24.2 Å². The summed E-state index contributed by atoms with van der Waals surface area (Å²) in [4.78, 5) is 28.2. The summed E-state index contributed by atoms with van der Waals surface area (Å²) in [6, 6.07) is 17.7. The second-order valence-corrected chi connectivity index (χ2v) is 11.7. The Hall–Kier alpha value is -3.89. The van der Waals surface area contributed by atoms with E-state index < -0.39 is 10.0 Å². The molecule has 0 aliphatic carbocycles.